The van der Waals surface area contributed by atoms with Gasteiger partial charge in [-0.2, -0.15) is 0 Å². The molecule has 0 unspecified atom stereocenters. The number of aryl methyl sites for hydroxylation is 1. The molecule has 0 aliphatic rings. The van der Waals surface area contributed by atoms with Crippen LogP contribution in [0.4, 0.5) is 0 Å². The smallest absolute Gasteiger partial charge is 0.0193 e. The molecule has 0 saturated heterocycles. The minimum Gasteiger partial charge on any atom is -0.0836 e. The molecule has 0 bridgehead atoms. The van der Waals surface area contributed by atoms with Crippen molar-refractivity contribution in [3.05, 3.63) is 41.5 Å². The van der Waals surface area contributed by atoms with Crippen LogP contribution in [0.3, 0.4) is 0 Å². The van der Waals surface area contributed by atoms with Crippen molar-refractivity contribution in [3.63, 3.8) is 0 Å². The second-order valence-corrected chi connectivity index (χ2v) is 3.91. The largest absolute Gasteiger partial charge is 0.0836 e. The monoisotopic (exact) mass is 188 g/mol. The van der Waals surface area contributed by atoms with E-state index in [1.807, 2.05) is 0 Å². The van der Waals surface area contributed by atoms with Crippen molar-refractivity contribution in [1.29, 1.82) is 0 Å². The summed E-state index contributed by atoms with van der Waals surface area (Å²) in [5.41, 5.74) is 4.34. The molecule has 0 N–H and O–H groups in total. The van der Waals surface area contributed by atoms with Gasteiger partial charge in [-0.1, -0.05) is 51.1 Å². The molecule has 1 aromatic rings. The standard InChI is InChI=1S/C14H20/c1-5-12-9-7-8-10-14(12)13(6-2)11(3)4/h6-11H,5H2,1-4H3/b13-6-. The minimum absolute atomic E-state index is 0.604. The van der Waals surface area contributed by atoms with Gasteiger partial charge in [-0.15, -0.1) is 0 Å². The highest BCUT2D eigenvalue weighted by Gasteiger charge is 2.08. The Morgan fingerprint density at radius 3 is 2.43 bits per heavy atom. The van der Waals surface area contributed by atoms with E-state index in [-0.39, 0.29) is 0 Å². The fourth-order valence-corrected chi connectivity index (χ4v) is 1.91. The molecule has 0 atom stereocenters. The summed E-state index contributed by atoms with van der Waals surface area (Å²) in [7, 11) is 0. The third kappa shape index (κ3) is 2.25. The van der Waals surface area contributed by atoms with E-state index in [1.54, 1.807) is 0 Å². The van der Waals surface area contributed by atoms with Gasteiger partial charge in [0.05, 0.1) is 0 Å². The molecule has 0 aliphatic carbocycles. The van der Waals surface area contributed by atoms with Gasteiger partial charge in [-0.3, -0.25) is 0 Å². The van der Waals surface area contributed by atoms with Crippen LogP contribution in [0.1, 0.15) is 38.8 Å². The van der Waals surface area contributed by atoms with Crippen LogP contribution in [0.25, 0.3) is 5.57 Å². The summed E-state index contributed by atoms with van der Waals surface area (Å²) in [5.74, 6) is 0.604. The molecule has 76 valence electrons. The molecule has 0 aromatic heterocycles. The van der Waals surface area contributed by atoms with E-state index in [0.717, 1.165) is 6.42 Å². The highest BCUT2D eigenvalue weighted by molar-refractivity contribution is 5.69. The molecule has 0 amide bonds. The molecule has 0 radical (unpaired) electrons. The Hall–Kier alpha value is -1.04. The van der Waals surface area contributed by atoms with Gasteiger partial charge in [0.2, 0.25) is 0 Å². The topological polar surface area (TPSA) is 0 Å². The number of benzene rings is 1. The molecule has 1 rings (SSSR count). The van der Waals surface area contributed by atoms with E-state index in [1.165, 1.54) is 16.7 Å². The van der Waals surface area contributed by atoms with Gasteiger partial charge in [0.25, 0.3) is 0 Å². The van der Waals surface area contributed by atoms with Crippen molar-refractivity contribution >= 4 is 5.57 Å². The molecule has 0 saturated carbocycles. The maximum absolute atomic E-state index is 2.25. The van der Waals surface area contributed by atoms with Crippen molar-refractivity contribution in [2.45, 2.75) is 34.1 Å². The summed E-state index contributed by atoms with van der Waals surface area (Å²) < 4.78 is 0. The fraction of sp³-hybridized carbons (Fsp3) is 0.429. The summed E-state index contributed by atoms with van der Waals surface area (Å²) >= 11 is 0. The van der Waals surface area contributed by atoms with Gasteiger partial charge in [0.15, 0.2) is 0 Å². The predicted molar refractivity (Wildman–Crippen MR) is 64.3 cm³/mol. The Morgan fingerprint density at radius 2 is 1.93 bits per heavy atom. The minimum atomic E-state index is 0.604. The molecule has 0 nitrogen and oxygen atoms in total. The number of hydrogen-bond acceptors (Lipinski definition) is 0. The molecule has 0 heterocycles. The van der Waals surface area contributed by atoms with Crippen LogP contribution < -0.4 is 0 Å². The van der Waals surface area contributed by atoms with Crippen LogP contribution >= 0.6 is 0 Å². The van der Waals surface area contributed by atoms with Crippen LogP contribution in [0.15, 0.2) is 30.3 Å². The van der Waals surface area contributed by atoms with Gasteiger partial charge >= 0.3 is 0 Å². The zero-order valence-electron chi connectivity index (χ0n) is 9.67. The highest BCUT2D eigenvalue weighted by Crippen LogP contribution is 2.26. The van der Waals surface area contributed by atoms with Gasteiger partial charge < -0.3 is 0 Å². The van der Waals surface area contributed by atoms with E-state index < -0.39 is 0 Å². The van der Waals surface area contributed by atoms with Gasteiger partial charge in [-0.25, -0.2) is 0 Å². The normalized spacial score (nSPS) is 12.2. The zero-order chi connectivity index (χ0) is 10.6. The average molecular weight is 188 g/mol. The maximum atomic E-state index is 2.25. The molecule has 1 aromatic carbocycles. The Morgan fingerprint density at radius 1 is 1.29 bits per heavy atom. The van der Waals surface area contributed by atoms with Crippen molar-refractivity contribution in [1.82, 2.24) is 0 Å². The predicted octanol–water partition coefficient (Wildman–Crippen LogP) is 4.31. The first-order valence-corrected chi connectivity index (χ1v) is 5.45. The van der Waals surface area contributed by atoms with Gasteiger partial charge in [-0.05, 0) is 36.0 Å². The van der Waals surface area contributed by atoms with Crippen LogP contribution in [-0.4, -0.2) is 0 Å². The van der Waals surface area contributed by atoms with Crippen LogP contribution in [0.2, 0.25) is 0 Å². The lowest BCUT2D eigenvalue weighted by Gasteiger charge is -2.14. The van der Waals surface area contributed by atoms with Crippen LogP contribution in [0.5, 0.6) is 0 Å². The van der Waals surface area contributed by atoms with E-state index in [4.69, 9.17) is 0 Å². The van der Waals surface area contributed by atoms with Crippen molar-refractivity contribution in [2.75, 3.05) is 0 Å². The molecule has 0 heteroatoms. The van der Waals surface area contributed by atoms with Gasteiger partial charge in [0, 0.05) is 0 Å². The second-order valence-electron chi connectivity index (χ2n) is 3.91. The highest BCUT2D eigenvalue weighted by atomic mass is 14.1. The first-order chi connectivity index (χ1) is 6.70. The van der Waals surface area contributed by atoms with E-state index >= 15 is 0 Å². The second kappa shape index (κ2) is 4.99. The maximum Gasteiger partial charge on any atom is -0.0193 e. The zero-order valence-corrected chi connectivity index (χ0v) is 9.67. The summed E-state index contributed by atoms with van der Waals surface area (Å²) in [6, 6.07) is 8.70. The Labute approximate surface area is 87.7 Å². The SMILES string of the molecule is C/C=C(\c1ccccc1CC)C(C)C. The summed E-state index contributed by atoms with van der Waals surface area (Å²) in [6.07, 6.45) is 3.35. The summed E-state index contributed by atoms with van der Waals surface area (Å²) in [6.45, 7) is 8.84. The third-order valence-electron chi connectivity index (χ3n) is 2.64. The molecular formula is C14H20. The van der Waals surface area contributed by atoms with Crippen molar-refractivity contribution < 1.29 is 0 Å². The van der Waals surface area contributed by atoms with Crippen LogP contribution in [0, 0.1) is 5.92 Å². The molecular weight excluding hydrogens is 168 g/mol. The number of hydrogen-bond donors (Lipinski definition) is 0. The fourth-order valence-electron chi connectivity index (χ4n) is 1.91. The Kier molecular flexibility index (Phi) is 3.94. The van der Waals surface area contributed by atoms with E-state index in [2.05, 4.69) is 58.0 Å². The lowest BCUT2D eigenvalue weighted by molar-refractivity contribution is 0.850. The lowest BCUT2D eigenvalue weighted by Crippen LogP contribution is -1.97. The Balaban J connectivity index is 3.16. The van der Waals surface area contributed by atoms with Crippen molar-refractivity contribution in [3.8, 4) is 0 Å². The summed E-state index contributed by atoms with van der Waals surface area (Å²) in [4.78, 5) is 0. The third-order valence-corrected chi connectivity index (χ3v) is 2.64. The van der Waals surface area contributed by atoms with Crippen molar-refractivity contribution in [2.24, 2.45) is 5.92 Å². The molecule has 14 heavy (non-hydrogen) atoms. The number of allylic oxidation sites excluding steroid dienone is 2. The van der Waals surface area contributed by atoms with Crippen LogP contribution in [-0.2, 0) is 6.42 Å². The molecule has 0 spiro atoms. The molecule has 0 fully saturated rings. The summed E-state index contributed by atoms with van der Waals surface area (Å²) in [5, 5.41) is 0. The lowest BCUT2D eigenvalue weighted by atomic mass is 9.91. The first-order valence-electron chi connectivity index (χ1n) is 5.45. The first kappa shape index (κ1) is 11.0. The van der Waals surface area contributed by atoms with E-state index in [9.17, 15) is 0 Å². The molecule has 0 aliphatic heterocycles. The van der Waals surface area contributed by atoms with E-state index in [0.29, 0.717) is 5.92 Å². The average Bonchev–Trinajstić information content (AvgIpc) is 2.19. The number of rotatable bonds is 3. The Bertz CT molecular complexity index is 319. The van der Waals surface area contributed by atoms with Gasteiger partial charge in [0.1, 0.15) is 0 Å². The quantitative estimate of drug-likeness (QED) is 0.663.